The Morgan fingerprint density at radius 1 is 0.933 bits per heavy atom. The lowest BCUT2D eigenvalue weighted by Crippen LogP contribution is -2.46. The number of amides is 3. The second kappa shape index (κ2) is 9.00. The Labute approximate surface area is 183 Å². The van der Waals surface area contributed by atoms with Crippen molar-refractivity contribution < 1.29 is 14.4 Å². The summed E-state index contributed by atoms with van der Waals surface area (Å²) in [6.07, 6.45) is 5.17. The first-order valence-corrected chi connectivity index (χ1v) is 11.1. The van der Waals surface area contributed by atoms with Gasteiger partial charge in [0.05, 0.1) is 17.3 Å². The third-order valence-electron chi connectivity index (χ3n) is 5.78. The summed E-state index contributed by atoms with van der Waals surface area (Å²) in [5.41, 5.74) is 1.68. The number of para-hydroxylation sites is 2. The number of rotatable bonds is 4. The zero-order chi connectivity index (χ0) is 21.1. The lowest BCUT2D eigenvalue weighted by molar-refractivity contribution is -0.136. The van der Waals surface area contributed by atoms with Crippen LogP contribution in [0.3, 0.4) is 0 Å². The quantitative estimate of drug-likeness (QED) is 0.586. The first-order chi connectivity index (χ1) is 14.5. The summed E-state index contributed by atoms with van der Waals surface area (Å²) in [4.78, 5) is 39.7. The van der Waals surface area contributed by atoms with Crippen LogP contribution in [0.5, 0.6) is 0 Å². The molecule has 2 aromatic rings. The van der Waals surface area contributed by atoms with Crippen molar-refractivity contribution in [3.05, 3.63) is 58.6 Å². The van der Waals surface area contributed by atoms with Crippen LogP contribution in [0.1, 0.15) is 43.6 Å². The van der Waals surface area contributed by atoms with Gasteiger partial charge in [-0.3, -0.25) is 14.4 Å². The van der Waals surface area contributed by atoms with Crippen LogP contribution in [0.2, 0.25) is 0 Å². The molecule has 0 spiro atoms. The third kappa shape index (κ3) is 4.41. The molecule has 0 aromatic heterocycles. The number of carbonyl (C=O) groups excluding carboxylic acids is 3. The molecule has 0 saturated heterocycles. The van der Waals surface area contributed by atoms with Crippen molar-refractivity contribution in [2.45, 2.75) is 44.1 Å². The summed E-state index contributed by atoms with van der Waals surface area (Å²) in [7, 11) is 0. The van der Waals surface area contributed by atoms with Crippen LogP contribution < -0.4 is 16.0 Å². The average molecular weight is 470 g/mol. The third-order valence-corrected chi connectivity index (χ3v) is 6.28. The largest absolute Gasteiger partial charge is 0.353 e. The van der Waals surface area contributed by atoms with E-state index in [1.165, 1.54) is 6.42 Å². The molecule has 2 aliphatic rings. The Hall–Kier alpha value is -2.67. The van der Waals surface area contributed by atoms with Crippen LogP contribution in [0.15, 0.2) is 53.0 Å². The summed E-state index contributed by atoms with van der Waals surface area (Å²) in [5, 5.41) is 8.73. The molecule has 156 valence electrons. The van der Waals surface area contributed by atoms with E-state index in [-0.39, 0.29) is 11.9 Å². The first-order valence-electron chi connectivity index (χ1n) is 10.3. The highest BCUT2D eigenvalue weighted by Gasteiger charge is 2.42. The van der Waals surface area contributed by atoms with Gasteiger partial charge in [-0.15, -0.1) is 0 Å². The topological polar surface area (TPSA) is 87.3 Å². The lowest BCUT2D eigenvalue weighted by Gasteiger charge is -2.28. The Morgan fingerprint density at radius 2 is 1.57 bits per heavy atom. The van der Waals surface area contributed by atoms with Crippen LogP contribution in [-0.2, 0) is 14.4 Å². The van der Waals surface area contributed by atoms with Crippen molar-refractivity contribution in [3.8, 4) is 0 Å². The van der Waals surface area contributed by atoms with Crippen molar-refractivity contribution in [1.29, 1.82) is 0 Å². The summed E-state index contributed by atoms with van der Waals surface area (Å²) in [6, 6.07) is 14.3. The first kappa shape index (κ1) is 20.6. The summed E-state index contributed by atoms with van der Waals surface area (Å²) >= 11 is 3.44. The van der Waals surface area contributed by atoms with Gasteiger partial charge in [0.1, 0.15) is 5.92 Å². The molecule has 1 unspecified atom stereocenters. The SMILES string of the molecule is O=C1Nc2ccccc2NC(=O)C1C(C(=O)NC1CCCCC1)c1cccc(Br)c1. The van der Waals surface area contributed by atoms with Gasteiger partial charge in [0.15, 0.2) is 0 Å². The van der Waals surface area contributed by atoms with Gasteiger partial charge in [-0.25, -0.2) is 0 Å². The molecule has 6 nitrogen and oxygen atoms in total. The highest BCUT2D eigenvalue weighted by molar-refractivity contribution is 9.10. The highest BCUT2D eigenvalue weighted by Crippen LogP contribution is 2.34. The Morgan fingerprint density at radius 3 is 2.17 bits per heavy atom. The summed E-state index contributed by atoms with van der Waals surface area (Å²) in [6.45, 7) is 0. The molecule has 1 aliphatic heterocycles. The zero-order valence-corrected chi connectivity index (χ0v) is 18.1. The number of nitrogens with one attached hydrogen (secondary N) is 3. The van der Waals surface area contributed by atoms with Crippen LogP contribution in [0.25, 0.3) is 0 Å². The number of anilines is 2. The highest BCUT2D eigenvalue weighted by atomic mass is 79.9. The Kier molecular flexibility index (Phi) is 6.18. The minimum atomic E-state index is -1.18. The normalized spacial score (nSPS) is 18.6. The van der Waals surface area contributed by atoms with Crippen LogP contribution in [0, 0.1) is 5.92 Å². The van der Waals surface area contributed by atoms with Gasteiger partial charge in [0, 0.05) is 10.5 Å². The van der Waals surface area contributed by atoms with Crippen LogP contribution >= 0.6 is 15.9 Å². The second-order valence-corrected chi connectivity index (χ2v) is 8.79. The number of halogens is 1. The van der Waals surface area contributed by atoms with Gasteiger partial charge in [-0.1, -0.05) is 59.5 Å². The monoisotopic (exact) mass is 469 g/mol. The maximum atomic E-state index is 13.4. The molecule has 1 atom stereocenters. The fourth-order valence-electron chi connectivity index (χ4n) is 4.28. The van der Waals surface area contributed by atoms with E-state index < -0.39 is 23.7 Å². The zero-order valence-electron chi connectivity index (χ0n) is 16.5. The van der Waals surface area contributed by atoms with E-state index in [9.17, 15) is 14.4 Å². The fourth-order valence-corrected chi connectivity index (χ4v) is 4.69. The van der Waals surface area contributed by atoms with E-state index in [1.807, 2.05) is 12.1 Å². The van der Waals surface area contributed by atoms with Gasteiger partial charge >= 0.3 is 0 Å². The molecule has 1 aliphatic carbocycles. The number of hydrogen-bond donors (Lipinski definition) is 3. The number of carbonyl (C=O) groups is 3. The molecule has 0 radical (unpaired) electrons. The molecule has 3 N–H and O–H groups in total. The van der Waals surface area contributed by atoms with Gasteiger partial charge in [-0.2, -0.15) is 0 Å². The number of hydrogen-bond acceptors (Lipinski definition) is 3. The predicted molar refractivity (Wildman–Crippen MR) is 119 cm³/mol. The van der Waals surface area contributed by atoms with Crippen molar-refractivity contribution in [3.63, 3.8) is 0 Å². The minimum absolute atomic E-state index is 0.0787. The van der Waals surface area contributed by atoms with E-state index in [0.29, 0.717) is 16.9 Å². The van der Waals surface area contributed by atoms with Crippen molar-refractivity contribution in [2.24, 2.45) is 5.92 Å². The van der Waals surface area contributed by atoms with Gasteiger partial charge < -0.3 is 16.0 Å². The Bertz CT molecular complexity index is 935. The maximum absolute atomic E-state index is 13.4. The van der Waals surface area contributed by atoms with Crippen molar-refractivity contribution in [2.75, 3.05) is 10.6 Å². The molecule has 1 saturated carbocycles. The predicted octanol–water partition coefficient (Wildman–Crippen LogP) is 4.19. The molecule has 3 amide bonds. The van der Waals surface area contributed by atoms with Crippen LogP contribution in [-0.4, -0.2) is 23.8 Å². The lowest BCUT2D eigenvalue weighted by atomic mass is 9.83. The number of benzene rings is 2. The van der Waals surface area contributed by atoms with Crippen molar-refractivity contribution >= 4 is 45.0 Å². The number of fused-ring (bicyclic) bond motifs is 1. The molecule has 1 fully saturated rings. The molecule has 7 heteroatoms. The average Bonchev–Trinajstić information content (AvgIpc) is 2.85. The molecule has 0 bridgehead atoms. The molecule has 4 rings (SSSR count). The fraction of sp³-hybridized carbons (Fsp3) is 0.348. The van der Waals surface area contributed by atoms with E-state index in [4.69, 9.17) is 0 Å². The van der Waals surface area contributed by atoms with Gasteiger partial charge in [-0.05, 0) is 42.7 Å². The molecule has 1 heterocycles. The molecular weight excluding hydrogens is 446 g/mol. The van der Waals surface area contributed by atoms with E-state index in [1.54, 1.807) is 36.4 Å². The second-order valence-electron chi connectivity index (χ2n) is 7.88. The van der Waals surface area contributed by atoms with Gasteiger partial charge in [0.2, 0.25) is 17.7 Å². The summed E-state index contributed by atoms with van der Waals surface area (Å²) in [5.74, 6) is -3.38. The van der Waals surface area contributed by atoms with Crippen molar-refractivity contribution in [1.82, 2.24) is 5.32 Å². The van der Waals surface area contributed by atoms with E-state index >= 15 is 0 Å². The minimum Gasteiger partial charge on any atom is -0.353 e. The standard InChI is InChI=1S/C23H24BrN3O3/c24-15-8-6-7-14(13-15)19(21(28)25-16-9-2-1-3-10-16)20-22(29)26-17-11-4-5-12-18(17)27-23(20)30/h4-8,11-13,16,19-20H,1-3,9-10H2,(H,25,28)(H,26,29)(H,27,30). The van der Waals surface area contributed by atoms with E-state index in [0.717, 1.165) is 30.2 Å². The maximum Gasteiger partial charge on any atom is 0.238 e. The van der Waals surface area contributed by atoms with Crippen LogP contribution in [0.4, 0.5) is 11.4 Å². The van der Waals surface area contributed by atoms with E-state index in [2.05, 4.69) is 31.9 Å². The summed E-state index contributed by atoms with van der Waals surface area (Å²) < 4.78 is 0.785. The van der Waals surface area contributed by atoms with Gasteiger partial charge in [0.25, 0.3) is 0 Å². The molecule has 2 aromatic carbocycles. The smallest absolute Gasteiger partial charge is 0.238 e. The Balaban J connectivity index is 1.68. The molecular formula is C23H24BrN3O3. The molecule has 30 heavy (non-hydrogen) atoms.